The molecule has 0 bridgehead atoms. The quantitative estimate of drug-likeness (QED) is 0.829. The Morgan fingerprint density at radius 3 is 2.50 bits per heavy atom. The lowest BCUT2D eigenvalue weighted by atomic mass is 10.1. The second-order valence-electron chi connectivity index (χ2n) is 5.73. The van der Waals surface area contributed by atoms with Crippen LogP contribution >= 0.6 is 0 Å². The van der Waals surface area contributed by atoms with Gasteiger partial charge in [-0.15, -0.1) is 0 Å². The van der Waals surface area contributed by atoms with Crippen LogP contribution in [0.3, 0.4) is 0 Å². The maximum atomic E-state index is 12.0. The average molecular weight is 282 g/mol. The molecule has 0 aromatic carbocycles. The number of carbonyl (C=O) groups is 2. The molecule has 0 aliphatic carbocycles. The van der Waals surface area contributed by atoms with Gasteiger partial charge in [0, 0.05) is 5.54 Å². The number of rotatable bonds is 6. The maximum absolute atomic E-state index is 12.0. The van der Waals surface area contributed by atoms with Crippen molar-refractivity contribution < 1.29 is 19.1 Å². The lowest BCUT2D eigenvalue weighted by Gasteiger charge is -2.33. The fraction of sp³-hybridized carbons (Fsp3) is 0.571. The lowest BCUT2D eigenvalue weighted by molar-refractivity contribution is -0.140. The Balaban J connectivity index is 2.60. The molecule has 20 heavy (non-hydrogen) atoms. The maximum Gasteiger partial charge on any atom is 0.317 e. The predicted octanol–water partition coefficient (Wildman–Crippen LogP) is 1.64. The molecule has 1 rings (SSSR count). The molecule has 6 heteroatoms. The van der Waals surface area contributed by atoms with Gasteiger partial charge in [-0.25, -0.2) is 0 Å². The normalized spacial score (nSPS) is 13.2. The minimum atomic E-state index is -0.952. The highest BCUT2D eigenvalue weighted by molar-refractivity contribution is 5.79. The van der Waals surface area contributed by atoms with Gasteiger partial charge in [0.1, 0.15) is 5.76 Å². The van der Waals surface area contributed by atoms with Gasteiger partial charge in [-0.2, -0.15) is 0 Å². The first-order chi connectivity index (χ1) is 9.20. The Morgan fingerprint density at radius 1 is 1.40 bits per heavy atom. The van der Waals surface area contributed by atoms with Crippen LogP contribution in [-0.4, -0.2) is 40.5 Å². The highest BCUT2D eigenvalue weighted by Crippen LogP contribution is 2.14. The van der Waals surface area contributed by atoms with E-state index in [4.69, 9.17) is 9.52 Å². The minimum absolute atomic E-state index is 0.0286. The molecule has 0 aliphatic heterocycles. The van der Waals surface area contributed by atoms with Crippen molar-refractivity contribution in [3.05, 3.63) is 24.2 Å². The zero-order chi connectivity index (χ0) is 15.3. The number of carboxylic acids is 1. The first kappa shape index (κ1) is 16.2. The van der Waals surface area contributed by atoms with E-state index in [-0.39, 0.29) is 25.0 Å². The summed E-state index contributed by atoms with van der Waals surface area (Å²) in [7, 11) is 0. The smallest absolute Gasteiger partial charge is 0.317 e. The fourth-order valence-electron chi connectivity index (χ4n) is 1.76. The molecule has 1 amide bonds. The van der Waals surface area contributed by atoms with Gasteiger partial charge >= 0.3 is 5.97 Å². The molecule has 1 aromatic rings. The Kier molecular flexibility index (Phi) is 5.33. The van der Waals surface area contributed by atoms with E-state index in [0.29, 0.717) is 5.76 Å². The average Bonchev–Trinajstić information content (AvgIpc) is 2.79. The Labute approximate surface area is 118 Å². The van der Waals surface area contributed by atoms with Gasteiger partial charge in [0.2, 0.25) is 5.91 Å². The largest absolute Gasteiger partial charge is 0.480 e. The minimum Gasteiger partial charge on any atom is -0.480 e. The molecule has 1 atom stereocenters. The van der Waals surface area contributed by atoms with Crippen molar-refractivity contribution in [1.82, 2.24) is 10.2 Å². The summed E-state index contributed by atoms with van der Waals surface area (Å²) in [6.07, 6.45) is 1.55. The van der Waals surface area contributed by atoms with E-state index in [1.165, 1.54) is 0 Å². The van der Waals surface area contributed by atoms with Gasteiger partial charge < -0.3 is 14.8 Å². The molecule has 112 valence electrons. The summed E-state index contributed by atoms with van der Waals surface area (Å²) in [5.74, 6) is -0.518. The summed E-state index contributed by atoms with van der Waals surface area (Å²) in [6, 6.07) is 3.29. The van der Waals surface area contributed by atoms with Crippen molar-refractivity contribution in [2.75, 3.05) is 13.1 Å². The molecule has 1 aromatic heterocycles. The summed E-state index contributed by atoms with van der Waals surface area (Å²) in [6.45, 7) is 7.29. The van der Waals surface area contributed by atoms with Gasteiger partial charge in [0.15, 0.2) is 0 Å². The monoisotopic (exact) mass is 282 g/mol. The summed E-state index contributed by atoms with van der Waals surface area (Å²) in [4.78, 5) is 24.5. The SMILES string of the molecule is CC(NC(=O)CN(CC(=O)O)C(C)(C)C)c1ccco1. The Morgan fingerprint density at radius 2 is 2.05 bits per heavy atom. The molecule has 1 heterocycles. The van der Waals surface area contributed by atoms with E-state index >= 15 is 0 Å². The Hall–Kier alpha value is -1.82. The molecule has 0 fully saturated rings. The van der Waals surface area contributed by atoms with E-state index in [1.807, 2.05) is 27.7 Å². The van der Waals surface area contributed by atoms with Crippen molar-refractivity contribution in [3.63, 3.8) is 0 Å². The van der Waals surface area contributed by atoms with Crippen molar-refractivity contribution >= 4 is 11.9 Å². The third-order valence-electron chi connectivity index (χ3n) is 2.96. The van der Waals surface area contributed by atoms with E-state index in [1.54, 1.807) is 23.3 Å². The molecule has 2 N–H and O–H groups in total. The standard InChI is InChI=1S/C14H22N2O4/c1-10(11-6-5-7-20-11)15-12(17)8-16(9-13(18)19)14(2,3)4/h5-7,10H,8-9H2,1-4H3,(H,15,17)(H,18,19). The molecule has 0 radical (unpaired) electrons. The van der Waals surface area contributed by atoms with Crippen molar-refractivity contribution in [1.29, 1.82) is 0 Å². The summed E-state index contributed by atoms with van der Waals surface area (Å²) in [5.41, 5.74) is -0.399. The highest BCUT2D eigenvalue weighted by Gasteiger charge is 2.26. The first-order valence-corrected chi connectivity index (χ1v) is 6.49. The van der Waals surface area contributed by atoms with E-state index < -0.39 is 11.5 Å². The van der Waals surface area contributed by atoms with Crippen LogP contribution < -0.4 is 5.32 Å². The third kappa shape index (κ3) is 5.05. The van der Waals surface area contributed by atoms with Gasteiger partial charge in [-0.1, -0.05) is 0 Å². The molecule has 0 saturated carbocycles. The van der Waals surface area contributed by atoms with Gasteiger partial charge in [0.25, 0.3) is 0 Å². The second kappa shape index (κ2) is 6.56. The topological polar surface area (TPSA) is 82.8 Å². The molecular formula is C14H22N2O4. The molecule has 0 saturated heterocycles. The highest BCUT2D eigenvalue weighted by atomic mass is 16.4. The van der Waals surface area contributed by atoms with Crippen LogP contribution in [0.25, 0.3) is 0 Å². The van der Waals surface area contributed by atoms with Gasteiger partial charge in [-0.3, -0.25) is 14.5 Å². The number of carbonyl (C=O) groups excluding carboxylic acids is 1. The number of carboxylic acid groups (broad SMARTS) is 1. The second-order valence-corrected chi connectivity index (χ2v) is 5.73. The van der Waals surface area contributed by atoms with E-state index in [0.717, 1.165) is 0 Å². The van der Waals surface area contributed by atoms with Crippen LogP contribution in [0.2, 0.25) is 0 Å². The number of amides is 1. The van der Waals surface area contributed by atoms with Crippen LogP contribution in [-0.2, 0) is 9.59 Å². The summed E-state index contributed by atoms with van der Waals surface area (Å²) < 4.78 is 5.21. The van der Waals surface area contributed by atoms with E-state index in [2.05, 4.69) is 5.32 Å². The van der Waals surface area contributed by atoms with Crippen LogP contribution in [0.4, 0.5) is 0 Å². The molecule has 1 unspecified atom stereocenters. The molecular weight excluding hydrogens is 260 g/mol. The number of hydrogen-bond donors (Lipinski definition) is 2. The number of hydrogen-bond acceptors (Lipinski definition) is 4. The van der Waals surface area contributed by atoms with Crippen molar-refractivity contribution in [3.8, 4) is 0 Å². The number of furan rings is 1. The summed E-state index contributed by atoms with van der Waals surface area (Å²) >= 11 is 0. The number of aliphatic carboxylic acids is 1. The zero-order valence-corrected chi connectivity index (χ0v) is 12.3. The van der Waals surface area contributed by atoms with Crippen molar-refractivity contribution in [2.45, 2.75) is 39.3 Å². The van der Waals surface area contributed by atoms with Gasteiger partial charge in [-0.05, 0) is 39.8 Å². The molecule has 0 aliphatic rings. The van der Waals surface area contributed by atoms with E-state index in [9.17, 15) is 9.59 Å². The number of nitrogens with one attached hydrogen (secondary N) is 1. The third-order valence-corrected chi connectivity index (χ3v) is 2.96. The van der Waals surface area contributed by atoms with Crippen LogP contribution in [0.15, 0.2) is 22.8 Å². The van der Waals surface area contributed by atoms with Gasteiger partial charge in [0.05, 0.1) is 25.4 Å². The van der Waals surface area contributed by atoms with Crippen LogP contribution in [0.1, 0.15) is 39.5 Å². The van der Waals surface area contributed by atoms with Crippen LogP contribution in [0.5, 0.6) is 0 Å². The lowest BCUT2D eigenvalue weighted by Crippen LogP contribution is -2.49. The fourth-order valence-corrected chi connectivity index (χ4v) is 1.76. The predicted molar refractivity (Wildman–Crippen MR) is 74.2 cm³/mol. The zero-order valence-electron chi connectivity index (χ0n) is 12.3. The van der Waals surface area contributed by atoms with Crippen LogP contribution in [0, 0.1) is 0 Å². The number of nitrogens with zero attached hydrogens (tertiary/aromatic N) is 1. The first-order valence-electron chi connectivity index (χ1n) is 6.49. The summed E-state index contributed by atoms with van der Waals surface area (Å²) in [5, 5.41) is 11.7. The Bertz CT molecular complexity index is 448. The molecule has 6 nitrogen and oxygen atoms in total. The molecule has 0 spiro atoms. The van der Waals surface area contributed by atoms with Crippen molar-refractivity contribution in [2.24, 2.45) is 0 Å².